The maximum Gasteiger partial charge on any atom is 0 e. The topological polar surface area (TPSA) is 0 Å². The smallest absolute Gasteiger partial charge is 0 e. The Morgan fingerprint density at radius 1 is 0.133 bits per heavy atom. The van der Waals surface area contributed by atoms with Crippen molar-refractivity contribution in [2.45, 2.75) is 181 Å². The van der Waals surface area contributed by atoms with Crippen molar-refractivity contribution >= 4 is 0 Å². The van der Waals surface area contributed by atoms with Crippen LogP contribution in [0.1, 0.15) is 181 Å². The van der Waals surface area contributed by atoms with Crippen molar-refractivity contribution in [2.75, 3.05) is 0 Å². The van der Waals surface area contributed by atoms with Crippen molar-refractivity contribution in [3.05, 3.63) is 0 Å². The van der Waals surface area contributed by atoms with Gasteiger partial charge in [0.05, 0.1) is 0 Å². The van der Waals surface area contributed by atoms with Crippen LogP contribution in [0.25, 0.3) is 0 Å². The zero-order valence-electron chi connectivity index (χ0n) is 10.1. The predicted octanol–water partition coefficient (Wildman–Crippen LogP) is 13.6. The monoisotopic (exact) mass is 1130 g/mol. The quantitative estimate of drug-likeness (QED) is 0.227. The molecule has 0 radical (unpaired) electrons. The van der Waals surface area contributed by atoms with E-state index in [2.05, 4.69) is 0 Å². The molecule has 3 saturated carbocycles. The van der Waals surface area contributed by atoms with E-state index in [-0.39, 0.29) is 188 Å². The maximum atomic E-state index is 1.50. The Hall–Kier alpha value is 2.75. The summed E-state index contributed by atoms with van der Waals surface area (Å²) in [6, 6.07) is 0. The Morgan fingerprint density at radius 2 is 0.167 bits per heavy atom. The summed E-state index contributed by atoms with van der Waals surface area (Å²) in [5, 5.41) is 0. The van der Waals surface area contributed by atoms with Gasteiger partial charge in [0.15, 0.2) is 0 Å². The van der Waals surface area contributed by atoms with Crippen LogP contribution in [0.3, 0.4) is 0 Å². The molecule has 0 saturated heterocycles. The summed E-state index contributed by atoms with van der Waals surface area (Å²) in [4.78, 5) is 0. The third kappa shape index (κ3) is 125. The maximum absolute atomic E-state index is 1.50. The van der Waals surface area contributed by atoms with Gasteiger partial charge in [0.2, 0.25) is 0 Å². The Labute approximate surface area is 262 Å². The van der Waals surface area contributed by atoms with E-state index in [1.54, 1.807) is 0 Å². The summed E-state index contributed by atoms with van der Waals surface area (Å²) in [6.45, 7) is 0. The van der Waals surface area contributed by atoms with Crippen molar-refractivity contribution in [3.8, 4) is 0 Å². The van der Waals surface area contributed by atoms with Gasteiger partial charge in [-0.1, -0.05) is 181 Å². The van der Waals surface area contributed by atoms with Crippen molar-refractivity contribution < 1.29 is 84.3 Å². The Morgan fingerprint density at radius 3 is 0.167 bits per heavy atom. The van der Waals surface area contributed by atoms with Crippen LogP contribution in [0.15, 0.2) is 0 Å². The molecule has 3 aliphatic rings. The first kappa shape index (κ1) is 152. The third-order valence-corrected chi connectivity index (χ3v) is 3.00. The fourth-order valence-electron chi connectivity index (χ4n) is 0.750. The molecule has 0 aromatic carbocycles. The van der Waals surface area contributed by atoms with Gasteiger partial charge in [0, 0.05) is 84.3 Å². The van der Waals surface area contributed by atoms with Gasteiger partial charge in [-0.2, -0.15) is 0 Å². The molecule has 0 spiro atoms. The molecule has 0 N–H and O–H groups in total. The molecule has 0 aliphatic heterocycles. The molecule has 0 unspecified atom stereocenters. The first-order valence-corrected chi connectivity index (χ1v) is 6.00. The zero-order chi connectivity index (χ0) is 8.49. The average Bonchev–Trinajstić information content (AvgIpc) is 1.41. The van der Waals surface area contributed by atoms with Crippen LogP contribution in [-0.2, 0) is 84.3 Å². The van der Waals surface area contributed by atoms with Gasteiger partial charge in [-0.3, -0.25) is 0 Å². The number of hydrogen-bond donors (Lipinski definition) is 0. The fourth-order valence-corrected chi connectivity index (χ4v) is 0.750. The minimum atomic E-state index is 0. The molecule has 4 heteroatoms. The van der Waals surface area contributed by atoms with E-state index in [4.69, 9.17) is 0 Å². The largest absolute Gasteiger partial charge is 0.0776 e. The minimum Gasteiger partial charge on any atom is -0.0776 e. The summed E-state index contributed by atoms with van der Waals surface area (Å²) in [6.07, 6.45) is 18.0. The van der Waals surface area contributed by atoms with E-state index in [9.17, 15) is 0 Å². The van der Waals surface area contributed by atoms with Crippen LogP contribution in [0, 0.1) is 0 Å². The summed E-state index contributed by atoms with van der Waals surface area (Å²) in [5.41, 5.74) is 0. The Bertz CT molecular complexity index is 60.0. The molecule has 30 heavy (non-hydrogen) atoms. The molecular formula is C26H80W4. The summed E-state index contributed by atoms with van der Waals surface area (Å²) in [7, 11) is 0. The summed E-state index contributed by atoms with van der Waals surface area (Å²) < 4.78 is 0. The molecule has 208 valence electrons. The van der Waals surface area contributed by atoms with Crippen molar-refractivity contribution in [1.29, 1.82) is 0 Å². The summed E-state index contributed by atoms with van der Waals surface area (Å²) >= 11 is 0. The van der Waals surface area contributed by atoms with Gasteiger partial charge < -0.3 is 0 Å². The molecular weight excluding hydrogens is 1050 g/mol. The second-order valence-corrected chi connectivity index (χ2v) is 4.24. The zero-order valence-corrected chi connectivity index (χ0v) is 21.9. The van der Waals surface area contributed by atoms with Gasteiger partial charge in [0.1, 0.15) is 0 Å². The molecule has 0 heterocycles. The van der Waals surface area contributed by atoms with Crippen molar-refractivity contribution in [2.24, 2.45) is 0 Å². The normalized spacial score (nSPS) is 9.60. The minimum absolute atomic E-state index is 0. The Balaban J connectivity index is -0.00000000346. The predicted molar refractivity (Wildman–Crippen MR) is 150 cm³/mol. The second kappa shape index (κ2) is 138. The molecule has 0 aromatic rings. The molecule has 3 rings (SSSR count). The molecule has 0 amide bonds. The van der Waals surface area contributed by atoms with Crippen molar-refractivity contribution in [1.82, 2.24) is 0 Å². The van der Waals surface area contributed by atoms with Crippen molar-refractivity contribution in [3.63, 3.8) is 0 Å². The van der Waals surface area contributed by atoms with E-state index < -0.39 is 0 Å². The van der Waals surface area contributed by atoms with E-state index in [1.807, 2.05) is 0 Å². The molecule has 3 fully saturated rings. The molecule has 0 bridgehead atoms. The van der Waals surface area contributed by atoms with Crippen LogP contribution in [0.2, 0.25) is 0 Å². The molecule has 3 aliphatic carbocycles. The van der Waals surface area contributed by atoms with Crippen LogP contribution in [0.4, 0.5) is 0 Å². The van der Waals surface area contributed by atoms with E-state index in [1.165, 1.54) is 77.0 Å². The first-order valence-electron chi connectivity index (χ1n) is 6.00. The van der Waals surface area contributed by atoms with Gasteiger partial charge >= 0.3 is 0 Å². The fraction of sp³-hybridized carbons (Fsp3) is 1.00. The van der Waals surface area contributed by atoms with Gasteiger partial charge in [0.25, 0.3) is 0 Å². The Kier molecular flexibility index (Phi) is 698. The van der Waals surface area contributed by atoms with E-state index in [0.29, 0.717) is 0 Å². The first-order chi connectivity index (χ1) is 6.00. The van der Waals surface area contributed by atoms with Crippen LogP contribution >= 0.6 is 0 Å². The number of hydrogen-bond acceptors (Lipinski definition) is 0. The molecule has 0 aromatic heterocycles. The third-order valence-electron chi connectivity index (χ3n) is 3.00. The number of rotatable bonds is 0. The van der Waals surface area contributed by atoms with Gasteiger partial charge in [-0.05, 0) is 0 Å². The standard InChI is InChI=1S/3C4H8.14CH4.4W/c3*1-2-4-3-1;;;;;;;;;;;;;;;;;;/h3*1-4H2;14*1H4;;;;. The van der Waals surface area contributed by atoms with Crippen LogP contribution < -0.4 is 0 Å². The van der Waals surface area contributed by atoms with E-state index >= 15 is 0 Å². The summed E-state index contributed by atoms with van der Waals surface area (Å²) in [5.74, 6) is 0. The molecule has 0 nitrogen and oxygen atoms in total. The van der Waals surface area contributed by atoms with Crippen LogP contribution in [-0.4, -0.2) is 0 Å². The van der Waals surface area contributed by atoms with E-state index in [0.717, 1.165) is 0 Å². The van der Waals surface area contributed by atoms with Gasteiger partial charge in [-0.25, -0.2) is 0 Å². The van der Waals surface area contributed by atoms with Crippen LogP contribution in [0.5, 0.6) is 0 Å². The SMILES string of the molecule is C.C.C.C.C.C.C.C.C.C.C.C.C.C.C1CCC1.C1CCC1.C1CCC1.[W].[W].[W].[W]. The molecule has 0 atom stereocenters. The second-order valence-electron chi connectivity index (χ2n) is 4.24. The van der Waals surface area contributed by atoms with Gasteiger partial charge in [-0.15, -0.1) is 0 Å². The average molecular weight is 1130 g/mol.